The summed E-state index contributed by atoms with van der Waals surface area (Å²) in [7, 11) is 0. The lowest BCUT2D eigenvalue weighted by molar-refractivity contribution is 0.0698. The number of carboxylic acid groups (broad SMARTS) is 1. The van der Waals surface area contributed by atoms with E-state index in [9.17, 15) is 4.79 Å². The lowest BCUT2D eigenvalue weighted by atomic mass is 10.2. The highest BCUT2D eigenvalue weighted by Gasteiger charge is 2.11. The zero-order valence-electron chi connectivity index (χ0n) is 8.94. The summed E-state index contributed by atoms with van der Waals surface area (Å²) in [5.74, 6) is -1.72. The van der Waals surface area contributed by atoms with Crippen LogP contribution in [0.4, 0.5) is 5.69 Å². The summed E-state index contributed by atoms with van der Waals surface area (Å²) in [6.07, 6.45) is 0. The molecule has 0 fully saturated rings. The van der Waals surface area contributed by atoms with Crippen LogP contribution in [0.15, 0.2) is 23.3 Å². The van der Waals surface area contributed by atoms with Crippen molar-refractivity contribution in [3.05, 3.63) is 28.8 Å². The second kappa shape index (κ2) is 5.65. The number of aromatic carboxylic acids is 1. The van der Waals surface area contributed by atoms with E-state index in [4.69, 9.17) is 33.1 Å². The van der Waals surface area contributed by atoms with Gasteiger partial charge in [0.2, 0.25) is 5.71 Å². The van der Waals surface area contributed by atoms with Gasteiger partial charge >= 0.3 is 5.97 Å². The van der Waals surface area contributed by atoms with Crippen molar-refractivity contribution < 1.29 is 9.90 Å². The van der Waals surface area contributed by atoms with Gasteiger partial charge in [0.25, 0.3) is 0 Å². The van der Waals surface area contributed by atoms with E-state index in [1.165, 1.54) is 18.2 Å². The number of hydrogen-bond acceptors (Lipinski definition) is 5. The van der Waals surface area contributed by atoms with Gasteiger partial charge in [-0.3, -0.25) is 10.8 Å². The quantitative estimate of drug-likeness (QED) is 0.369. The average molecular weight is 266 g/mol. The molecule has 1 aromatic carbocycles. The number of nitrogens with zero attached hydrogens (tertiary/aromatic N) is 2. The molecule has 5 N–H and O–H groups in total. The Morgan fingerprint density at radius 1 is 1.61 bits per heavy atom. The van der Waals surface area contributed by atoms with Crippen LogP contribution in [-0.4, -0.2) is 22.6 Å². The van der Waals surface area contributed by atoms with Crippen LogP contribution >= 0.6 is 11.6 Å². The Morgan fingerprint density at radius 2 is 2.28 bits per heavy atom. The van der Waals surface area contributed by atoms with Gasteiger partial charge in [-0.1, -0.05) is 11.6 Å². The van der Waals surface area contributed by atoms with Gasteiger partial charge in [-0.25, -0.2) is 4.79 Å². The first-order valence-electron chi connectivity index (χ1n) is 4.56. The smallest absolute Gasteiger partial charge is 0.337 e. The van der Waals surface area contributed by atoms with Gasteiger partial charge in [0.1, 0.15) is 6.07 Å². The largest absolute Gasteiger partial charge is 0.478 e. The molecule has 0 spiro atoms. The monoisotopic (exact) mass is 265 g/mol. The maximum absolute atomic E-state index is 10.9. The topological polar surface area (TPSA) is 135 Å². The van der Waals surface area contributed by atoms with Gasteiger partial charge in [-0.05, 0) is 18.2 Å². The van der Waals surface area contributed by atoms with Crippen LogP contribution in [0.2, 0.25) is 5.02 Å². The number of carboxylic acids is 1. The summed E-state index contributed by atoms with van der Waals surface area (Å²) in [6.45, 7) is 0. The summed E-state index contributed by atoms with van der Waals surface area (Å²) in [5, 5.41) is 28.4. The third-order valence-corrected chi connectivity index (χ3v) is 2.10. The van der Waals surface area contributed by atoms with Crippen molar-refractivity contribution in [1.29, 1.82) is 10.7 Å². The number of hydrazone groups is 1. The van der Waals surface area contributed by atoms with Crippen LogP contribution in [0.1, 0.15) is 10.4 Å². The van der Waals surface area contributed by atoms with Crippen LogP contribution in [-0.2, 0) is 0 Å². The van der Waals surface area contributed by atoms with Crippen molar-refractivity contribution in [2.75, 3.05) is 5.43 Å². The summed E-state index contributed by atoms with van der Waals surface area (Å²) in [5.41, 5.74) is 7.13. The van der Waals surface area contributed by atoms with E-state index in [2.05, 4.69) is 10.5 Å². The number of nitrogens with one attached hydrogen (secondary N) is 2. The number of halogens is 1. The number of amidine groups is 1. The highest BCUT2D eigenvalue weighted by molar-refractivity contribution is 6.45. The normalized spacial score (nSPS) is 10.6. The van der Waals surface area contributed by atoms with E-state index in [1.807, 2.05) is 0 Å². The van der Waals surface area contributed by atoms with Crippen molar-refractivity contribution in [1.82, 2.24) is 0 Å². The highest BCUT2D eigenvalue weighted by atomic mass is 35.5. The van der Waals surface area contributed by atoms with Crippen molar-refractivity contribution in [3.63, 3.8) is 0 Å². The Morgan fingerprint density at radius 3 is 2.78 bits per heavy atom. The molecule has 92 valence electrons. The second-order valence-electron chi connectivity index (χ2n) is 3.09. The maximum atomic E-state index is 10.9. The minimum atomic E-state index is -1.20. The number of rotatable bonds is 4. The molecule has 0 saturated carbocycles. The fourth-order valence-corrected chi connectivity index (χ4v) is 1.22. The molecule has 0 aliphatic heterocycles. The van der Waals surface area contributed by atoms with Crippen molar-refractivity contribution in [3.8, 4) is 6.07 Å². The summed E-state index contributed by atoms with van der Waals surface area (Å²) in [6, 6.07) is 5.69. The van der Waals surface area contributed by atoms with E-state index in [0.29, 0.717) is 0 Å². The van der Waals surface area contributed by atoms with E-state index in [1.54, 1.807) is 6.07 Å². The third kappa shape index (κ3) is 3.20. The Balaban J connectivity index is 3.09. The number of nitriles is 1. The maximum Gasteiger partial charge on any atom is 0.337 e. The molecule has 8 heteroatoms. The first-order valence-corrected chi connectivity index (χ1v) is 4.94. The van der Waals surface area contributed by atoms with Crippen LogP contribution in [0.25, 0.3) is 0 Å². The molecule has 0 bridgehead atoms. The average Bonchev–Trinajstić information content (AvgIpc) is 2.30. The molecule has 0 aliphatic carbocycles. The van der Waals surface area contributed by atoms with Gasteiger partial charge in [0.15, 0.2) is 5.84 Å². The number of hydrogen-bond donors (Lipinski definition) is 4. The molecule has 0 amide bonds. The third-order valence-electron chi connectivity index (χ3n) is 1.86. The van der Waals surface area contributed by atoms with Gasteiger partial charge < -0.3 is 10.8 Å². The minimum Gasteiger partial charge on any atom is -0.478 e. The van der Waals surface area contributed by atoms with E-state index in [-0.39, 0.29) is 22.0 Å². The zero-order valence-corrected chi connectivity index (χ0v) is 9.69. The molecule has 0 aromatic heterocycles. The predicted molar refractivity (Wildman–Crippen MR) is 67.0 cm³/mol. The minimum absolute atomic E-state index is 0.105. The van der Waals surface area contributed by atoms with Crippen molar-refractivity contribution in [2.45, 2.75) is 0 Å². The summed E-state index contributed by atoms with van der Waals surface area (Å²) in [4.78, 5) is 10.9. The molecule has 18 heavy (non-hydrogen) atoms. The molecule has 0 aliphatic rings. The fourth-order valence-electron chi connectivity index (χ4n) is 1.05. The molecular weight excluding hydrogens is 258 g/mol. The lowest BCUT2D eigenvalue weighted by Gasteiger charge is -2.05. The van der Waals surface area contributed by atoms with Gasteiger partial charge in [0, 0.05) is 5.02 Å². The van der Waals surface area contributed by atoms with Crippen LogP contribution in [0.5, 0.6) is 0 Å². The molecule has 1 rings (SSSR count). The fraction of sp³-hybridized carbons (Fsp3) is 0. The number of benzene rings is 1. The molecule has 7 nitrogen and oxygen atoms in total. The summed E-state index contributed by atoms with van der Waals surface area (Å²) < 4.78 is 0. The van der Waals surface area contributed by atoms with Crippen molar-refractivity contribution in [2.24, 2.45) is 10.8 Å². The summed E-state index contributed by atoms with van der Waals surface area (Å²) >= 11 is 5.67. The molecular formula is C10H8ClN5O2. The lowest BCUT2D eigenvalue weighted by Crippen LogP contribution is -2.22. The number of carbonyl (C=O) groups is 1. The molecule has 0 heterocycles. The van der Waals surface area contributed by atoms with Gasteiger partial charge in [-0.15, -0.1) is 0 Å². The highest BCUT2D eigenvalue weighted by Crippen LogP contribution is 2.20. The second-order valence-corrected chi connectivity index (χ2v) is 3.53. The Bertz CT molecular complexity index is 576. The van der Waals surface area contributed by atoms with Crippen LogP contribution in [0, 0.1) is 16.7 Å². The van der Waals surface area contributed by atoms with E-state index < -0.39 is 11.8 Å². The van der Waals surface area contributed by atoms with E-state index in [0.717, 1.165) is 0 Å². The van der Waals surface area contributed by atoms with Crippen LogP contribution in [0.3, 0.4) is 0 Å². The van der Waals surface area contributed by atoms with Crippen molar-refractivity contribution >= 4 is 34.8 Å². The number of nitrogens with two attached hydrogens (primary N) is 1. The Hall–Kier alpha value is -2.59. The SMILES string of the molecule is N#C/C(=N\Nc1ccc(Cl)cc1C(=O)O)C(=N)N. The Labute approximate surface area is 107 Å². The predicted octanol–water partition coefficient (Wildman–Crippen LogP) is 1.27. The van der Waals surface area contributed by atoms with Gasteiger partial charge in [-0.2, -0.15) is 10.4 Å². The molecule has 0 saturated heterocycles. The van der Waals surface area contributed by atoms with E-state index >= 15 is 0 Å². The molecule has 1 aromatic rings. The number of anilines is 1. The molecule has 0 unspecified atom stereocenters. The molecule has 0 radical (unpaired) electrons. The first-order chi connectivity index (χ1) is 8.45. The van der Waals surface area contributed by atoms with Crippen LogP contribution < -0.4 is 11.2 Å². The Kier molecular flexibility index (Phi) is 4.23. The first kappa shape index (κ1) is 13.5. The molecule has 0 atom stereocenters. The van der Waals surface area contributed by atoms with Gasteiger partial charge in [0.05, 0.1) is 11.3 Å². The standard InChI is InChI=1S/C10H8ClN5O2/c11-5-1-2-7(6(3-5)10(17)18)15-16-8(4-12)9(13)14/h1-3,15H,(H3,13,14)(H,17,18)/b16-8+. The zero-order chi connectivity index (χ0) is 13.7.